The molecular formula is C14H30N2O. The SMILES string of the molecule is CC(N(C)CCOC1CCNCC1)C(C)(C)C. The van der Waals surface area contributed by atoms with Crippen LogP contribution in [0.1, 0.15) is 40.5 Å². The van der Waals surface area contributed by atoms with E-state index < -0.39 is 0 Å². The van der Waals surface area contributed by atoms with Crippen molar-refractivity contribution < 1.29 is 4.74 Å². The molecule has 102 valence electrons. The minimum atomic E-state index is 0.337. The van der Waals surface area contributed by atoms with Crippen molar-refractivity contribution in [2.75, 3.05) is 33.3 Å². The van der Waals surface area contributed by atoms with Gasteiger partial charge in [-0.1, -0.05) is 20.8 Å². The van der Waals surface area contributed by atoms with E-state index >= 15 is 0 Å². The molecule has 1 fully saturated rings. The largest absolute Gasteiger partial charge is 0.377 e. The van der Waals surface area contributed by atoms with Crippen LogP contribution in [-0.4, -0.2) is 50.3 Å². The van der Waals surface area contributed by atoms with Crippen molar-refractivity contribution >= 4 is 0 Å². The van der Waals surface area contributed by atoms with E-state index in [1.54, 1.807) is 0 Å². The maximum atomic E-state index is 5.93. The lowest BCUT2D eigenvalue weighted by Crippen LogP contribution is -2.41. The second-order valence-corrected chi connectivity index (χ2v) is 6.34. The van der Waals surface area contributed by atoms with Gasteiger partial charge in [-0.05, 0) is 45.3 Å². The maximum Gasteiger partial charge on any atom is 0.0600 e. The average Bonchev–Trinajstić information content (AvgIpc) is 2.28. The third-order valence-electron chi connectivity index (χ3n) is 4.00. The number of nitrogens with one attached hydrogen (secondary N) is 1. The van der Waals surface area contributed by atoms with Gasteiger partial charge in [-0.15, -0.1) is 0 Å². The summed E-state index contributed by atoms with van der Waals surface area (Å²) >= 11 is 0. The van der Waals surface area contributed by atoms with Gasteiger partial charge in [-0.2, -0.15) is 0 Å². The van der Waals surface area contributed by atoms with E-state index in [9.17, 15) is 0 Å². The van der Waals surface area contributed by atoms with Crippen molar-refractivity contribution in [1.82, 2.24) is 10.2 Å². The first-order valence-corrected chi connectivity index (χ1v) is 6.94. The Kier molecular flexibility index (Phi) is 5.90. The number of hydrogen-bond donors (Lipinski definition) is 1. The van der Waals surface area contributed by atoms with E-state index in [0.29, 0.717) is 17.6 Å². The van der Waals surface area contributed by atoms with Gasteiger partial charge in [0.1, 0.15) is 0 Å². The van der Waals surface area contributed by atoms with Gasteiger partial charge in [-0.3, -0.25) is 0 Å². The number of hydrogen-bond acceptors (Lipinski definition) is 3. The standard InChI is InChI=1S/C14H30N2O/c1-12(14(2,3)4)16(5)10-11-17-13-6-8-15-9-7-13/h12-13,15H,6-11H2,1-5H3. The van der Waals surface area contributed by atoms with Gasteiger partial charge in [-0.25, -0.2) is 0 Å². The van der Waals surface area contributed by atoms with Gasteiger partial charge in [0, 0.05) is 12.6 Å². The van der Waals surface area contributed by atoms with Gasteiger partial charge in [0.25, 0.3) is 0 Å². The quantitative estimate of drug-likeness (QED) is 0.799. The Morgan fingerprint density at radius 2 is 1.88 bits per heavy atom. The summed E-state index contributed by atoms with van der Waals surface area (Å²) in [6.45, 7) is 13.3. The summed E-state index contributed by atoms with van der Waals surface area (Å²) in [4.78, 5) is 2.40. The fourth-order valence-corrected chi connectivity index (χ4v) is 2.18. The van der Waals surface area contributed by atoms with Crippen LogP contribution in [0.25, 0.3) is 0 Å². The molecule has 1 atom stereocenters. The lowest BCUT2D eigenvalue weighted by molar-refractivity contribution is 0.0116. The molecule has 1 aliphatic heterocycles. The van der Waals surface area contributed by atoms with Gasteiger partial charge in [0.05, 0.1) is 12.7 Å². The predicted octanol–water partition coefficient (Wildman–Crippen LogP) is 2.12. The van der Waals surface area contributed by atoms with Crippen molar-refractivity contribution in [1.29, 1.82) is 0 Å². The summed E-state index contributed by atoms with van der Waals surface area (Å²) in [5.41, 5.74) is 0.337. The summed E-state index contributed by atoms with van der Waals surface area (Å²) in [6, 6.07) is 0.583. The van der Waals surface area contributed by atoms with Gasteiger partial charge >= 0.3 is 0 Å². The molecule has 0 aromatic carbocycles. The molecule has 0 amide bonds. The molecule has 1 aliphatic rings. The molecule has 0 aromatic heterocycles. The van der Waals surface area contributed by atoms with E-state index in [1.165, 1.54) is 12.8 Å². The zero-order chi connectivity index (χ0) is 12.9. The molecule has 0 saturated carbocycles. The normalized spacial score (nSPS) is 20.8. The van der Waals surface area contributed by atoms with Crippen LogP contribution in [0, 0.1) is 5.41 Å². The second kappa shape index (κ2) is 6.72. The summed E-state index contributed by atoms with van der Waals surface area (Å²) in [5, 5.41) is 3.36. The highest BCUT2D eigenvalue weighted by molar-refractivity contribution is 4.77. The molecule has 3 nitrogen and oxygen atoms in total. The highest BCUT2D eigenvalue weighted by Crippen LogP contribution is 2.22. The monoisotopic (exact) mass is 242 g/mol. The smallest absolute Gasteiger partial charge is 0.0600 e. The number of rotatable bonds is 5. The number of nitrogens with zero attached hydrogens (tertiary/aromatic N) is 1. The Morgan fingerprint density at radius 1 is 1.29 bits per heavy atom. The van der Waals surface area contributed by atoms with Gasteiger partial charge in [0.2, 0.25) is 0 Å². The molecule has 17 heavy (non-hydrogen) atoms. The van der Waals surface area contributed by atoms with Crippen LogP contribution in [0.15, 0.2) is 0 Å². The Hall–Kier alpha value is -0.120. The van der Waals surface area contributed by atoms with E-state index in [0.717, 1.165) is 26.2 Å². The molecule has 3 heteroatoms. The minimum Gasteiger partial charge on any atom is -0.377 e. The lowest BCUT2D eigenvalue weighted by Gasteiger charge is -2.35. The highest BCUT2D eigenvalue weighted by atomic mass is 16.5. The molecule has 1 unspecified atom stereocenters. The summed E-state index contributed by atoms with van der Waals surface area (Å²) in [7, 11) is 2.20. The molecule has 0 aliphatic carbocycles. The number of likely N-dealkylation sites (N-methyl/N-ethyl adjacent to an activating group) is 1. The van der Waals surface area contributed by atoms with Crippen molar-refractivity contribution in [2.24, 2.45) is 5.41 Å². The first kappa shape index (κ1) is 14.9. The average molecular weight is 242 g/mol. The highest BCUT2D eigenvalue weighted by Gasteiger charge is 2.23. The Balaban J connectivity index is 2.17. The molecule has 0 bridgehead atoms. The second-order valence-electron chi connectivity index (χ2n) is 6.34. The van der Waals surface area contributed by atoms with Crippen LogP contribution < -0.4 is 5.32 Å². The van der Waals surface area contributed by atoms with Crippen molar-refractivity contribution in [3.05, 3.63) is 0 Å². The molecular weight excluding hydrogens is 212 g/mol. The maximum absolute atomic E-state index is 5.93. The number of ether oxygens (including phenoxy) is 1. The summed E-state index contributed by atoms with van der Waals surface area (Å²) in [6.07, 6.45) is 2.81. The molecule has 1 heterocycles. The number of piperidine rings is 1. The topological polar surface area (TPSA) is 24.5 Å². The zero-order valence-electron chi connectivity index (χ0n) is 12.3. The minimum absolute atomic E-state index is 0.337. The fraction of sp³-hybridized carbons (Fsp3) is 1.00. The van der Waals surface area contributed by atoms with E-state index in [2.05, 4.69) is 45.0 Å². The lowest BCUT2D eigenvalue weighted by atomic mass is 9.87. The van der Waals surface area contributed by atoms with E-state index in [1.807, 2.05) is 0 Å². The van der Waals surface area contributed by atoms with Crippen LogP contribution >= 0.6 is 0 Å². The van der Waals surface area contributed by atoms with Crippen LogP contribution in [0.5, 0.6) is 0 Å². The molecule has 1 saturated heterocycles. The molecule has 0 spiro atoms. The third-order valence-corrected chi connectivity index (χ3v) is 4.00. The third kappa shape index (κ3) is 5.36. The Morgan fingerprint density at radius 3 is 2.41 bits per heavy atom. The van der Waals surface area contributed by atoms with Crippen LogP contribution in [0.3, 0.4) is 0 Å². The van der Waals surface area contributed by atoms with Crippen molar-refractivity contribution in [3.63, 3.8) is 0 Å². The van der Waals surface area contributed by atoms with E-state index in [-0.39, 0.29) is 0 Å². The first-order valence-electron chi connectivity index (χ1n) is 6.94. The zero-order valence-corrected chi connectivity index (χ0v) is 12.3. The Bertz CT molecular complexity index is 207. The van der Waals surface area contributed by atoms with Crippen molar-refractivity contribution in [3.8, 4) is 0 Å². The molecule has 0 radical (unpaired) electrons. The van der Waals surface area contributed by atoms with Crippen LogP contribution in [0.2, 0.25) is 0 Å². The molecule has 1 rings (SSSR count). The predicted molar refractivity (Wildman–Crippen MR) is 73.4 cm³/mol. The summed E-state index contributed by atoms with van der Waals surface area (Å²) < 4.78 is 5.93. The van der Waals surface area contributed by atoms with Crippen LogP contribution in [0.4, 0.5) is 0 Å². The van der Waals surface area contributed by atoms with E-state index in [4.69, 9.17) is 4.74 Å². The van der Waals surface area contributed by atoms with Gasteiger partial charge < -0.3 is 15.0 Å². The van der Waals surface area contributed by atoms with Crippen LogP contribution in [-0.2, 0) is 4.74 Å². The van der Waals surface area contributed by atoms with Crippen molar-refractivity contribution in [2.45, 2.75) is 52.7 Å². The Labute approximate surface area is 107 Å². The van der Waals surface area contributed by atoms with Gasteiger partial charge in [0.15, 0.2) is 0 Å². The summed E-state index contributed by atoms with van der Waals surface area (Å²) in [5.74, 6) is 0. The fourth-order valence-electron chi connectivity index (χ4n) is 2.18. The first-order chi connectivity index (χ1) is 7.91. The molecule has 0 aromatic rings. The molecule has 1 N–H and O–H groups in total.